The standard InChI is InChI=1S/C25H34N2O3S/c1-6-7-15-30-21-13-11-19(12-14-21)27-24(29)18(2)31-22-10-8-9-20(16-22)26-23(28)17-25(3,4)5/h8-14,16,18H,6-7,15,17H2,1-5H3,(H,26,28)(H,27,29). The Kier molecular flexibility index (Phi) is 9.44. The Bertz CT molecular complexity index is 860. The third kappa shape index (κ3) is 9.47. The second kappa shape index (κ2) is 11.8. The van der Waals surface area contributed by atoms with Crippen molar-refractivity contribution in [2.24, 2.45) is 5.41 Å². The number of hydrogen-bond donors (Lipinski definition) is 2. The van der Waals surface area contributed by atoms with Gasteiger partial charge in [0.05, 0.1) is 11.9 Å². The molecule has 0 aliphatic carbocycles. The van der Waals surface area contributed by atoms with Gasteiger partial charge in [-0.25, -0.2) is 0 Å². The van der Waals surface area contributed by atoms with Gasteiger partial charge in [-0.1, -0.05) is 40.2 Å². The summed E-state index contributed by atoms with van der Waals surface area (Å²) in [5.74, 6) is 0.716. The molecule has 0 saturated heterocycles. The number of benzene rings is 2. The minimum absolute atomic E-state index is 0.0115. The lowest BCUT2D eigenvalue weighted by molar-refractivity contribution is -0.118. The van der Waals surface area contributed by atoms with Crippen molar-refractivity contribution in [1.82, 2.24) is 0 Å². The summed E-state index contributed by atoms with van der Waals surface area (Å²) in [6, 6.07) is 15.0. The van der Waals surface area contributed by atoms with Gasteiger partial charge in [-0.2, -0.15) is 0 Å². The molecule has 2 aromatic rings. The van der Waals surface area contributed by atoms with Gasteiger partial charge in [0.1, 0.15) is 5.75 Å². The van der Waals surface area contributed by atoms with E-state index in [0.29, 0.717) is 13.0 Å². The second-order valence-electron chi connectivity index (χ2n) is 8.79. The van der Waals surface area contributed by atoms with Gasteiger partial charge < -0.3 is 15.4 Å². The van der Waals surface area contributed by atoms with E-state index >= 15 is 0 Å². The molecule has 0 heterocycles. The molecule has 0 aromatic heterocycles. The molecule has 1 atom stereocenters. The van der Waals surface area contributed by atoms with Crippen molar-refractivity contribution >= 4 is 35.0 Å². The van der Waals surface area contributed by atoms with Gasteiger partial charge in [-0.05, 0) is 61.2 Å². The van der Waals surface area contributed by atoms with Crippen LogP contribution in [0.2, 0.25) is 0 Å². The van der Waals surface area contributed by atoms with E-state index in [9.17, 15) is 9.59 Å². The van der Waals surface area contributed by atoms with Crippen molar-refractivity contribution in [1.29, 1.82) is 0 Å². The maximum atomic E-state index is 12.6. The summed E-state index contributed by atoms with van der Waals surface area (Å²) < 4.78 is 5.65. The lowest BCUT2D eigenvalue weighted by atomic mass is 9.92. The van der Waals surface area contributed by atoms with Crippen LogP contribution in [-0.2, 0) is 9.59 Å². The van der Waals surface area contributed by atoms with E-state index in [1.54, 1.807) is 0 Å². The van der Waals surface area contributed by atoms with Gasteiger partial charge >= 0.3 is 0 Å². The van der Waals surface area contributed by atoms with Crippen LogP contribution in [0.4, 0.5) is 11.4 Å². The molecule has 0 spiro atoms. The van der Waals surface area contributed by atoms with Crippen LogP contribution in [0.5, 0.6) is 5.75 Å². The number of rotatable bonds is 10. The molecule has 31 heavy (non-hydrogen) atoms. The summed E-state index contributed by atoms with van der Waals surface area (Å²) in [7, 11) is 0. The summed E-state index contributed by atoms with van der Waals surface area (Å²) in [5, 5.41) is 5.59. The largest absolute Gasteiger partial charge is 0.494 e. The molecular formula is C25H34N2O3S. The molecule has 0 aliphatic rings. The normalized spacial score (nSPS) is 12.2. The van der Waals surface area contributed by atoms with Crippen LogP contribution in [-0.4, -0.2) is 23.7 Å². The van der Waals surface area contributed by atoms with Gasteiger partial charge in [0.15, 0.2) is 0 Å². The lowest BCUT2D eigenvalue weighted by Crippen LogP contribution is -2.22. The van der Waals surface area contributed by atoms with Crippen LogP contribution in [0.1, 0.15) is 53.9 Å². The average molecular weight is 443 g/mol. The smallest absolute Gasteiger partial charge is 0.237 e. The first-order chi connectivity index (χ1) is 14.7. The highest BCUT2D eigenvalue weighted by Crippen LogP contribution is 2.27. The minimum Gasteiger partial charge on any atom is -0.494 e. The molecular weight excluding hydrogens is 408 g/mol. The Hall–Kier alpha value is -2.47. The van der Waals surface area contributed by atoms with Crippen LogP contribution >= 0.6 is 11.8 Å². The number of thioether (sulfide) groups is 1. The van der Waals surface area contributed by atoms with Gasteiger partial charge in [-0.3, -0.25) is 9.59 Å². The van der Waals surface area contributed by atoms with Crippen LogP contribution in [0.25, 0.3) is 0 Å². The number of nitrogens with one attached hydrogen (secondary N) is 2. The zero-order chi connectivity index (χ0) is 22.9. The maximum absolute atomic E-state index is 12.6. The summed E-state index contributed by atoms with van der Waals surface area (Å²) in [6.45, 7) is 10.8. The van der Waals surface area contributed by atoms with Crippen LogP contribution in [0.15, 0.2) is 53.4 Å². The SMILES string of the molecule is CCCCOc1ccc(NC(=O)C(C)Sc2cccc(NC(=O)CC(C)(C)C)c2)cc1. The van der Waals surface area contributed by atoms with E-state index in [0.717, 1.165) is 34.9 Å². The molecule has 2 N–H and O–H groups in total. The zero-order valence-electron chi connectivity index (χ0n) is 19.2. The average Bonchev–Trinajstić information content (AvgIpc) is 2.68. The Morgan fingerprint density at radius 2 is 1.74 bits per heavy atom. The molecule has 1 unspecified atom stereocenters. The van der Waals surface area contributed by atoms with E-state index in [1.807, 2.05) is 76.2 Å². The molecule has 5 nitrogen and oxygen atoms in total. The molecule has 2 amide bonds. The van der Waals surface area contributed by atoms with E-state index < -0.39 is 0 Å². The van der Waals surface area contributed by atoms with Gasteiger partial charge in [0, 0.05) is 22.7 Å². The van der Waals surface area contributed by atoms with Gasteiger partial charge in [-0.15, -0.1) is 11.8 Å². The molecule has 2 aromatic carbocycles. The first-order valence-corrected chi connectivity index (χ1v) is 11.6. The third-order valence-corrected chi connectivity index (χ3v) is 5.47. The van der Waals surface area contributed by atoms with Gasteiger partial charge in [0.25, 0.3) is 0 Å². The van der Waals surface area contributed by atoms with Crippen LogP contribution < -0.4 is 15.4 Å². The summed E-state index contributed by atoms with van der Waals surface area (Å²) >= 11 is 1.45. The molecule has 0 aliphatic heterocycles. The van der Waals surface area contributed by atoms with Crippen LogP contribution in [0, 0.1) is 5.41 Å². The molecule has 6 heteroatoms. The van der Waals surface area contributed by atoms with E-state index in [-0.39, 0.29) is 22.5 Å². The van der Waals surface area contributed by atoms with Crippen molar-refractivity contribution in [3.63, 3.8) is 0 Å². The third-order valence-electron chi connectivity index (χ3n) is 4.38. The molecule has 168 valence electrons. The van der Waals surface area contributed by atoms with Crippen molar-refractivity contribution in [3.05, 3.63) is 48.5 Å². The number of carbonyl (C=O) groups is 2. The number of ether oxygens (including phenoxy) is 1. The molecule has 0 fully saturated rings. The predicted molar refractivity (Wildman–Crippen MR) is 130 cm³/mol. The zero-order valence-corrected chi connectivity index (χ0v) is 20.0. The van der Waals surface area contributed by atoms with Crippen molar-refractivity contribution in [2.75, 3.05) is 17.2 Å². The fourth-order valence-corrected chi connectivity index (χ4v) is 3.73. The minimum atomic E-state index is -0.291. The Labute approximate surface area is 190 Å². The predicted octanol–water partition coefficient (Wildman–Crippen LogP) is 6.36. The number of unbranched alkanes of at least 4 members (excludes halogenated alkanes) is 1. The number of carbonyl (C=O) groups excluding carboxylic acids is 2. The summed E-state index contributed by atoms with van der Waals surface area (Å²) in [5.41, 5.74) is 1.41. The first kappa shape index (κ1) is 24.8. The van der Waals surface area contributed by atoms with Crippen LogP contribution in [0.3, 0.4) is 0 Å². The number of amides is 2. The second-order valence-corrected chi connectivity index (χ2v) is 10.2. The Morgan fingerprint density at radius 1 is 1.03 bits per heavy atom. The van der Waals surface area contributed by atoms with E-state index in [1.165, 1.54) is 11.8 Å². The molecule has 0 bridgehead atoms. The highest BCUT2D eigenvalue weighted by Gasteiger charge is 2.17. The molecule has 0 saturated carbocycles. The summed E-state index contributed by atoms with van der Waals surface area (Å²) in [6.07, 6.45) is 2.57. The highest BCUT2D eigenvalue weighted by atomic mass is 32.2. The molecule has 2 rings (SSSR count). The van der Waals surface area contributed by atoms with E-state index in [4.69, 9.17) is 4.74 Å². The highest BCUT2D eigenvalue weighted by molar-refractivity contribution is 8.00. The fourth-order valence-electron chi connectivity index (χ4n) is 2.80. The monoisotopic (exact) mass is 442 g/mol. The topological polar surface area (TPSA) is 67.4 Å². The maximum Gasteiger partial charge on any atom is 0.237 e. The first-order valence-electron chi connectivity index (χ1n) is 10.8. The van der Waals surface area contributed by atoms with Crippen molar-refractivity contribution in [3.8, 4) is 5.75 Å². The quantitative estimate of drug-likeness (QED) is 0.332. The Morgan fingerprint density at radius 3 is 2.39 bits per heavy atom. The molecule has 0 radical (unpaired) electrons. The summed E-state index contributed by atoms with van der Waals surface area (Å²) in [4.78, 5) is 25.7. The van der Waals surface area contributed by atoms with E-state index in [2.05, 4.69) is 17.6 Å². The van der Waals surface area contributed by atoms with Crippen molar-refractivity contribution < 1.29 is 14.3 Å². The number of hydrogen-bond acceptors (Lipinski definition) is 4. The Balaban J connectivity index is 1.89. The fraction of sp³-hybridized carbons (Fsp3) is 0.440. The lowest BCUT2D eigenvalue weighted by Gasteiger charge is -2.17. The van der Waals surface area contributed by atoms with Gasteiger partial charge in [0.2, 0.25) is 11.8 Å². The van der Waals surface area contributed by atoms with Crippen molar-refractivity contribution in [2.45, 2.75) is 64.0 Å². The number of anilines is 2.